The van der Waals surface area contributed by atoms with E-state index in [2.05, 4.69) is 26.2 Å². The monoisotopic (exact) mass is 255 g/mol. The van der Waals surface area contributed by atoms with Crippen LogP contribution in [0.4, 0.5) is 11.5 Å². The Kier molecular flexibility index (Phi) is 2.19. The van der Waals surface area contributed by atoms with Gasteiger partial charge in [0.05, 0.1) is 5.69 Å². The lowest BCUT2D eigenvalue weighted by molar-refractivity contribution is -0.119. The molecule has 0 saturated carbocycles. The second-order valence-electron chi connectivity index (χ2n) is 3.46. The summed E-state index contributed by atoms with van der Waals surface area (Å²) in [4.78, 5) is 15.5. The predicted octanol–water partition coefficient (Wildman–Crippen LogP) is 1.56. The van der Waals surface area contributed by atoms with Crippen LogP contribution in [0.15, 0.2) is 10.7 Å². The molecule has 4 nitrogen and oxygen atoms in total. The highest BCUT2D eigenvalue weighted by atomic mass is 79.9. The van der Waals surface area contributed by atoms with E-state index in [1.165, 1.54) is 0 Å². The number of nitrogens with one attached hydrogen (secondary N) is 1. The van der Waals surface area contributed by atoms with E-state index in [1.807, 2.05) is 6.92 Å². The lowest BCUT2D eigenvalue weighted by atomic mass is 9.96. The van der Waals surface area contributed by atoms with E-state index in [4.69, 9.17) is 5.73 Å². The van der Waals surface area contributed by atoms with Crippen LogP contribution in [0.1, 0.15) is 12.5 Å². The van der Waals surface area contributed by atoms with Crippen LogP contribution in [0.3, 0.4) is 0 Å². The van der Waals surface area contributed by atoms with E-state index < -0.39 is 0 Å². The summed E-state index contributed by atoms with van der Waals surface area (Å²) in [5.41, 5.74) is 7.36. The van der Waals surface area contributed by atoms with Crippen molar-refractivity contribution in [1.82, 2.24) is 4.98 Å². The van der Waals surface area contributed by atoms with Gasteiger partial charge in [-0.25, -0.2) is 4.98 Å². The quantitative estimate of drug-likeness (QED) is 0.692. The average molecular weight is 256 g/mol. The molecule has 0 spiro atoms. The molecule has 0 radical (unpaired) electrons. The molecule has 1 aromatic rings. The minimum Gasteiger partial charge on any atom is -0.384 e. The first-order valence-electron chi connectivity index (χ1n) is 4.33. The number of anilines is 2. The zero-order chi connectivity index (χ0) is 10.3. The summed E-state index contributed by atoms with van der Waals surface area (Å²) in [6.07, 6.45) is 0.703. The number of rotatable bonds is 0. The summed E-state index contributed by atoms with van der Waals surface area (Å²) in [6.45, 7) is 1.89. The number of carbonyl (C=O) groups is 1. The van der Waals surface area contributed by atoms with Crippen molar-refractivity contribution < 1.29 is 4.79 Å². The molecule has 1 aromatic heterocycles. The van der Waals surface area contributed by atoms with Gasteiger partial charge in [-0.2, -0.15) is 0 Å². The highest BCUT2D eigenvalue weighted by Gasteiger charge is 2.24. The highest BCUT2D eigenvalue weighted by Crippen LogP contribution is 2.31. The van der Waals surface area contributed by atoms with Gasteiger partial charge in [0, 0.05) is 17.5 Å². The molecule has 0 aromatic carbocycles. The largest absolute Gasteiger partial charge is 0.384 e. The van der Waals surface area contributed by atoms with E-state index in [9.17, 15) is 4.79 Å². The van der Waals surface area contributed by atoms with E-state index in [0.717, 1.165) is 15.9 Å². The Labute approximate surface area is 90.0 Å². The summed E-state index contributed by atoms with van der Waals surface area (Å²) in [5, 5.41) is 2.80. The van der Waals surface area contributed by atoms with Gasteiger partial charge in [0.15, 0.2) is 0 Å². The molecule has 2 heterocycles. The van der Waals surface area contributed by atoms with Crippen molar-refractivity contribution in [3.05, 3.63) is 16.2 Å². The van der Waals surface area contributed by atoms with Crippen LogP contribution in [0.25, 0.3) is 0 Å². The number of hydrogen-bond donors (Lipinski definition) is 2. The van der Waals surface area contributed by atoms with Crippen molar-refractivity contribution >= 4 is 33.3 Å². The van der Waals surface area contributed by atoms with Crippen LogP contribution < -0.4 is 11.1 Å². The minimum absolute atomic E-state index is 0.00998. The Hall–Kier alpha value is -1.10. The number of pyridine rings is 1. The number of fused-ring (bicyclic) bond motifs is 1. The Balaban J connectivity index is 2.51. The zero-order valence-electron chi connectivity index (χ0n) is 7.67. The lowest BCUT2D eigenvalue weighted by Gasteiger charge is -2.22. The number of amides is 1. The smallest absolute Gasteiger partial charge is 0.227 e. The van der Waals surface area contributed by atoms with Crippen LogP contribution in [-0.2, 0) is 11.2 Å². The Bertz CT molecular complexity index is 405. The standard InChI is InChI=1S/C9H10BrN3O/c1-4-2-5-6(12-9(4)14)3-7(11)13-8(5)10/h3-4H,2H2,1H3,(H2,11,13)(H,12,14)/t4-/m1/s1. The number of nitrogens with zero attached hydrogens (tertiary/aromatic N) is 1. The van der Waals surface area contributed by atoms with Gasteiger partial charge in [0.1, 0.15) is 10.4 Å². The first-order valence-corrected chi connectivity index (χ1v) is 5.13. The van der Waals surface area contributed by atoms with Crippen LogP contribution in [0.2, 0.25) is 0 Å². The summed E-state index contributed by atoms with van der Waals surface area (Å²) < 4.78 is 0.722. The second-order valence-corrected chi connectivity index (χ2v) is 4.21. The van der Waals surface area contributed by atoms with Crippen molar-refractivity contribution in [3.8, 4) is 0 Å². The second kappa shape index (κ2) is 3.24. The molecular formula is C9H10BrN3O. The maximum atomic E-state index is 11.4. The topological polar surface area (TPSA) is 68.0 Å². The molecule has 3 N–H and O–H groups in total. The van der Waals surface area contributed by atoms with Gasteiger partial charge >= 0.3 is 0 Å². The fourth-order valence-electron chi connectivity index (χ4n) is 1.52. The number of carbonyl (C=O) groups excluding carboxylic acids is 1. The van der Waals surface area contributed by atoms with E-state index in [0.29, 0.717) is 12.2 Å². The first kappa shape index (κ1) is 9.45. The van der Waals surface area contributed by atoms with Gasteiger partial charge in [0.25, 0.3) is 0 Å². The summed E-state index contributed by atoms with van der Waals surface area (Å²) in [5.74, 6) is 0.435. The van der Waals surface area contributed by atoms with Gasteiger partial charge in [-0.1, -0.05) is 6.92 Å². The van der Waals surface area contributed by atoms with Crippen LogP contribution >= 0.6 is 15.9 Å². The fourth-order valence-corrected chi connectivity index (χ4v) is 2.10. The number of nitrogens with two attached hydrogens (primary N) is 1. The van der Waals surface area contributed by atoms with Crippen LogP contribution in [0.5, 0.6) is 0 Å². The normalized spacial score (nSPS) is 20.1. The maximum Gasteiger partial charge on any atom is 0.227 e. The molecule has 5 heteroatoms. The molecule has 1 aliphatic heterocycles. The van der Waals surface area contributed by atoms with E-state index >= 15 is 0 Å². The highest BCUT2D eigenvalue weighted by molar-refractivity contribution is 9.10. The summed E-state index contributed by atoms with van der Waals surface area (Å²) in [7, 11) is 0. The molecule has 0 saturated heterocycles. The number of hydrogen-bond acceptors (Lipinski definition) is 3. The molecule has 1 atom stereocenters. The van der Waals surface area contributed by atoms with Crippen molar-refractivity contribution in [2.75, 3.05) is 11.1 Å². The number of nitrogen functional groups attached to an aromatic ring is 1. The zero-order valence-corrected chi connectivity index (χ0v) is 9.26. The third kappa shape index (κ3) is 1.48. The molecule has 1 aliphatic rings. The Morgan fingerprint density at radius 1 is 1.71 bits per heavy atom. The number of aromatic nitrogens is 1. The fraction of sp³-hybridized carbons (Fsp3) is 0.333. The predicted molar refractivity (Wildman–Crippen MR) is 57.8 cm³/mol. The van der Waals surface area contributed by atoms with Gasteiger partial charge in [-0.3, -0.25) is 4.79 Å². The summed E-state index contributed by atoms with van der Waals surface area (Å²) in [6, 6.07) is 1.68. The Morgan fingerprint density at radius 3 is 3.14 bits per heavy atom. The third-order valence-corrected chi connectivity index (χ3v) is 2.97. The van der Waals surface area contributed by atoms with Crippen LogP contribution in [-0.4, -0.2) is 10.9 Å². The van der Waals surface area contributed by atoms with Crippen molar-refractivity contribution in [2.24, 2.45) is 5.92 Å². The van der Waals surface area contributed by atoms with Gasteiger partial charge in [-0.05, 0) is 22.4 Å². The van der Waals surface area contributed by atoms with Crippen molar-refractivity contribution in [1.29, 1.82) is 0 Å². The molecule has 0 fully saturated rings. The third-order valence-electron chi connectivity index (χ3n) is 2.31. The van der Waals surface area contributed by atoms with Gasteiger partial charge < -0.3 is 11.1 Å². The lowest BCUT2D eigenvalue weighted by Crippen LogP contribution is -2.28. The molecule has 1 amide bonds. The SMILES string of the molecule is C[C@@H]1Cc2c(cc(N)nc2Br)NC1=O. The first-order chi connectivity index (χ1) is 6.58. The van der Waals surface area contributed by atoms with Gasteiger partial charge in [0.2, 0.25) is 5.91 Å². The molecular weight excluding hydrogens is 246 g/mol. The van der Waals surface area contributed by atoms with Crippen molar-refractivity contribution in [2.45, 2.75) is 13.3 Å². The van der Waals surface area contributed by atoms with Crippen LogP contribution in [0, 0.1) is 5.92 Å². The number of halogens is 1. The van der Waals surface area contributed by atoms with E-state index in [1.54, 1.807) is 6.07 Å². The molecule has 2 rings (SSSR count). The van der Waals surface area contributed by atoms with E-state index in [-0.39, 0.29) is 11.8 Å². The average Bonchev–Trinajstić information content (AvgIpc) is 2.08. The summed E-state index contributed by atoms with van der Waals surface area (Å²) >= 11 is 3.34. The molecule has 0 aliphatic carbocycles. The minimum atomic E-state index is -0.00998. The Morgan fingerprint density at radius 2 is 2.43 bits per heavy atom. The maximum absolute atomic E-state index is 11.4. The molecule has 0 unspecified atom stereocenters. The molecule has 14 heavy (non-hydrogen) atoms. The molecule has 0 bridgehead atoms. The van der Waals surface area contributed by atoms with Gasteiger partial charge in [-0.15, -0.1) is 0 Å². The molecule has 74 valence electrons. The van der Waals surface area contributed by atoms with Crippen molar-refractivity contribution in [3.63, 3.8) is 0 Å².